The van der Waals surface area contributed by atoms with Gasteiger partial charge in [-0.1, -0.05) is 6.07 Å². The molecular formula is C30H35F3N6O3. The van der Waals surface area contributed by atoms with Crippen LogP contribution in [0.3, 0.4) is 0 Å². The number of aryl methyl sites for hydroxylation is 1. The Balaban J connectivity index is 1.36. The van der Waals surface area contributed by atoms with Crippen molar-refractivity contribution in [1.82, 2.24) is 20.2 Å². The van der Waals surface area contributed by atoms with E-state index in [2.05, 4.69) is 37.3 Å². The highest BCUT2D eigenvalue weighted by Crippen LogP contribution is 2.34. The maximum absolute atomic E-state index is 13.1. The van der Waals surface area contributed by atoms with Crippen LogP contribution in [0.5, 0.6) is 5.88 Å². The van der Waals surface area contributed by atoms with Crippen LogP contribution in [0.1, 0.15) is 28.5 Å². The number of ether oxygens (including phenoxy) is 2. The minimum absolute atomic E-state index is 0.0973. The molecule has 0 saturated carbocycles. The maximum atomic E-state index is 13.1. The Morgan fingerprint density at radius 1 is 1.14 bits per heavy atom. The third kappa shape index (κ3) is 7.18. The molecule has 0 radical (unpaired) electrons. The summed E-state index contributed by atoms with van der Waals surface area (Å²) in [7, 11) is 0. The van der Waals surface area contributed by atoms with Gasteiger partial charge < -0.3 is 25.0 Å². The van der Waals surface area contributed by atoms with Gasteiger partial charge in [-0.25, -0.2) is 4.98 Å². The third-order valence-corrected chi connectivity index (χ3v) is 7.55. The summed E-state index contributed by atoms with van der Waals surface area (Å²) >= 11 is 0. The smallest absolute Gasteiger partial charge is 0.416 e. The van der Waals surface area contributed by atoms with Crippen molar-refractivity contribution in [3.05, 3.63) is 65.6 Å². The van der Waals surface area contributed by atoms with Gasteiger partial charge in [-0.15, -0.1) is 0 Å². The van der Waals surface area contributed by atoms with E-state index in [1.165, 1.54) is 18.3 Å². The molecule has 0 bridgehead atoms. The fraction of sp³-hybridized carbons (Fsp3) is 0.433. The number of nitrogens with zero attached hydrogens (tertiary/aromatic N) is 4. The molecule has 0 unspecified atom stereocenters. The number of halogens is 3. The molecule has 3 aromatic rings. The van der Waals surface area contributed by atoms with Gasteiger partial charge in [0.05, 0.1) is 30.7 Å². The lowest BCUT2D eigenvalue weighted by molar-refractivity contribution is -0.137. The molecule has 2 aliphatic rings. The minimum Gasteiger partial charge on any atom is -0.475 e. The lowest BCUT2D eigenvalue weighted by Gasteiger charge is -2.34. The first-order valence-electron chi connectivity index (χ1n) is 14.0. The van der Waals surface area contributed by atoms with Crippen LogP contribution in [0.25, 0.3) is 11.1 Å². The molecule has 5 rings (SSSR count). The number of aromatic nitrogens is 2. The van der Waals surface area contributed by atoms with E-state index in [4.69, 9.17) is 9.47 Å². The number of nitrogens with one attached hydrogen (secondary N) is 2. The average Bonchev–Trinajstić information content (AvgIpc) is 2.99. The molecule has 2 fully saturated rings. The lowest BCUT2D eigenvalue weighted by Crippen LogP contribution is -2.50. The quantitative estimate of drug-likeness (QED) is 0.407. The zero-order chi connectivity index (χ0) is 29.7. The monoisotopic (exact) mass is 584 g/mol. The summed E-state index contributed by atoms with van der Waals surface area (Å²) in [6.07, 6.45) is -1.34. The average molecular weight is 585 g/mol. The highest BCUT2D eigenvalue weighted by Gasteiger charge is 2.31. The Kier molecular flexibility index (Phi) is 9.24. The molecule has 2 N–H and O–H groups in total. The number of hydrogen-bond acceptors (Lipinski definition) is 8. The predicted molar refractivity (Wildman–Crippen MR) is 154 cm³/mol. The van der Waals surface area contributed by atoms with Crippen LogP contribution in [-0.4, -0.2) is 85.9 Å². The molecule has 9 nitrogen and oxygen atoms in total. The first-order valence-corrected chi connectivity index (χ1v) is 14.0. The van der Waals surface area contributed by atoms with E-state index in [0.717, 1.165) is 55.1 Å². The largest absolute Gasteiger partial charge is 0.475 e. The number of alkyl halides is 3. The Hall–Kier alpha value is -3.74. The molecule has 1 atom stereocenters. The molecule has 0 spiro atoms. The number of carbonyl (C=O) groups is 1. The van der Waals surface area contributed by atoms with Crippen molar-refractivity contribution in [3.8, 4) is 17.0 Å². The number of carbonyl (C=O) groups excluding carboxylic acids is 1. The van der Waals surface area contributed by atoms with Gasteiger partial charge in [-0.3, -0.25) is 14.7 Å². The van der Waals surface area contributed by atoms with E-state index in [1.807, 2.05) is 13.0 Å². The van der Waals surface area contributed by atoms with Gasteiger partial charge in [0.2, 0.25) is 5.88 Å². The maximum Gasteiger partial charge on any atom is 0.416 e. The summed E-state index contributed by atoms with van der Waals surface area (Å²) in [5.41, 5.74) is 2.45. The molecule has 4 heterocycles. The van der Waals surface area contributed by atoms with Crippen molar-refractivity contribution >= 4 is 17.3 Å². The van der Waals surface area contributed by atoms with E-state index in [0.29, 0.717) is 56.2 Å². The molecule has 42 heavy (non-hydrogen) atoms. The van der Waals surface area contributed by atoms with Crippen molar-refractivity contribution in [2.24, 2.45) is 0 Å². The molecule has 2 saturated heterocycles. The lowest BCUT2D eigenvalue weighted by atomic mass is 10.0. The zero-order valence-corrected chi connectivity index (χ0v) is 23.7. The SMILES string of the molecule is Cc1ncc(NC(=O)c2cccc(C(F)(F)F)c2)cc1-c1cnc(OCCN2CCNC[C@@H]2C)c(N2CCOCC2)c1. The number of piperazine rings is 1. The van der Waals surface area contributed by atoms with Gasteiger partial charge >= 0.3 is 6.18 Å². The Bertz CT molecular complexity index is 1400. The van der Waals surface area contributed by atoms with Crippen LogP contribution < -0.4 is 20.3 Å². The van der Waals surface area contributed by atoms with Crippen molar-refractivity contribution in [2.45, 2.75) is 26.1 Å². The molecule has 0 aliphatic carbocycles. The second-order valence-corrected chi connectivity index (χ2v) is 10.5. The van der Waals surface area contributed by atoms with E-state index in [9.17, 15) is 18.0 Å². The highest BCUT2D eigenvalue weighted by molar-refractivity contribution is 6.04. The molecule has 1 aromatic carbocycles. The second kappa shape index (κ2) is 13.1. The van der Waals surface area contributed by atoms with Crippen LogP contribution in [0.2, 0.25) is 0 Å². The molecule has 1 amide bonds. The minimum atomic E-state index is -4.54. The number of amides is 1. The van der Waals surface area contributed by atoms with Crippen LogP contribution in [0.4, 0.5) is 24.5 Å². The van der Waals surface area contributed by atoms with Crippen molar-refractivity contribution in [1.29, 1.82) is 0 Å². The van der Waals surface area contributed by atoms with Gasteiger partial charge in [0, 0.05) is 73.9 Å². The van der Waals surface area contributed by atoms with Gasteiger partial charge in [-0.2, -0.15) is 13.2 Å². The van der Waals surface area contributed by atoms with Crippen LogP contribution in [0, 0.1) is 6.92 Å². The van der Waals surface area contributed by atoms with Crippen LogP contribution >= 0.6 is 0 Å². The Morgan fingerprint density at radius 2 is 1.95 bits per heavy atom. The van der Waals surface area contributed by atoms with Crippen LogP contribution in [-0.2, 0) is 10.9 Å². The van der Waals surface area contributed by atoms with E-state index in [-0.39, 0.29) is 5.56 Å². The number of hydrogen-bond donors (Lipinski definition) is 2. The summed E-state index contributed by atoms with van der Waals surface area (Å²) in [5, 5.41) is 6.07. The zero-order valence-electron chi connectivity index (χ0n) is 23.7. The molecular weight excluding hydrogens is 549 g/mol. The van der Waals surface area contributed by atoms with Crippen molar-refractivity contribution in [2.75, 3.05) is 69.3 Å². The van der Waals surface area contributed by atoms with Crippen molar-refractivity contribution in [3.63, 3.8) is 0 Å². The first-order chi connectivity index (χ1) is 20.2. The molecule has 12 heteroatoms. The summed E-state index contributed by atoms with van der Waals surface area (Å²) in [5.74, 6) is -0.115. The first kappa shape index (κ1) is 29.7. The predicted octanol–water partition coefficient (Wildman–Crippen LogP) is 4.23. The summed E-state index contributed by atoms with van der Waals surface area (Å²) in [4.78, 5) is 26.5. The van der Waals surface area contributed by atoms with Crippen LogP contribution in [0.15, 0.2) is 48.8 Å². The number of pyridine rings is 2. The van der Waals surface area contributed by atoms with E-state index in [1.54, 1.807) is 12.3 Å². The summed E-state index contributed by atoms with van der Waals surface area (Å²) in [6, 6.07) is 8.51. The normalized spacial score (nSPS) is 18.1. The number of anilines is 2. The summed E-state index contributed by atoms with van der Waals surface area (Å²) in [6.45, 7) is 10.8. The fourth-order valence-electron chi connectivity index (χ4n) is 5.14. The van der Waals surface area contributed by atoms with Gasteiger partial charge in [-0.05, 0) is 44.2 Å². The summed E-state index contributed by atoms with van der Waals surface area (Å²) < 4.78 is 51.2. The standard InChI is InChI=1S/C30H35F3N6O3/c1-20-17-34-6-7-38(20)10-13-42-29-27(39-8-11-41-12-9-39)15-23(18-36-29)26-16-25(19-35-21(26)2)37-28(40)22-4-3-5-24(14-22)30(31,32)33/h3-5,14-16,18-20,34H,6-13,17H2,1-2H3,(H,37,40)/t20-/m0/s1. The van der Waals surface area contributed by atoms with Gasteiger partial charge in [0.1, 0.15) is 12.3 Å². The highest BCUT2D eigenvalue weighted by atomic mass is 19.4. The topological polar surface area (TPSA) is 91.8 Å². The van der Waals surface area contributed by atoms with Gasteiger partial charge in [0.25, 0.3) is 5.91 Å². The molecule has 2 aromatic heterocycles. The third-order valence-electron chi connectivity index (χ3n) is 7.55. The number of benzene rings is 1. The number of morpholine rings is 1. The van der Waals surface area contributed by atoms with E-state index >= 15 is 0 Å². The van der Waals surface area contributed by atoms with E-state index < -0.39 is 17.6 Å². The fourth-order valence-corrected chi connectivity index (χ4v) is 5.14. The second-order valence-electron chi connectivity index (χ2n) is 10.5. The number of rotatable bonds is 8. The van der Waals surface area contributed by atoms with Crippen molar-refractivity contribution < 1.29 is 27.4 Å². The Labute approximate surface area is 243 Å². The van der Waals surface area contributed by atoms with Gasteiger partial charge in [0.15, 0.2) is 0 Å². The molecule has 2 aliphatic heterocycles. The molecule has 224 valence electrons. The Morgan fingerprint density at radius 3 is 2.71 bits per heavy atom.